The van der Waals surface area contributed by atoms with Crippen molar-refractivity contribution in [3.8, 4) is 23.3 Å². The standard InChI is InChI=1S/C34H36N2O4/c1-22(2)17-18-38-26-8-6-7-24(19-26)32-28-15-14-27(20-30(28)40-33(36)29(32)21-35)39-31(37)16-11-23-9-12-25(13-10-23)34(3,4)5/h6-16,19-20,22,32H,17-18,36H2,1-5H3/b16-11+. The number of nitrogens with two attached hydrogens (primary N) is 1. The fourth-order valence-electron chi connectivity index (χ4n) is 4.45. The van der Waals surface area contributed by atoms with E-state index in [1.807, 2.05) is 36.4 Å². The highest BCUT2D eigenvalue weighted by Crippen LogP contribution is 2.44. The van der Waals surface area contributed by atoms with Crippen LogP contribution in [0.3, 0.4) is 0 Å². The first kappa shape index (κ1) is 28.5. The molecule has 2 N–H and O–H groups in total. The number of ether oxygens (including phenoxy) is 3. The lowest BCUT2D eigenvalue weighted by Gasteiger charge is -2.27. The Labute approximate surface area is 236 Å². The van der Waals surface area contributed by atoms with Crippen LogP contribution in [0.15, 0.2) is 84.3 Å². The molecule has 1 aliphatic heterocycles. The summed E-state index contributed by atoms with van der Waals surface area (Å²) in [6, 6.07) is 23.1. The maximum atomic E-state index is 12.6. The minimum Gasteiger partial charge on any atom is -0.494 e. The first-order chi connectivity index (χ1) is 19.0. The smallest absolute Gasteiger partial charge is 0.336 e. The second-order valence-electron chi connectivity index (χ2n) is 11.4. The van der Waals surface area contributed by atoms with Gasteiger partial charge < -0.3 is 19.9 Å². The molecule has 0 radical (unpaired) electrons. The molecule has 0 aliphatic carbocycles. The normalized spacial score (nSPS) is 15.0. The average Bonchev–Trinajstić information content (AvgIpc) is 2.91. The number of hydrogen-bond acceptors (Lipinski definition) is 6. The van der Waals surface area contributed by atoms with Gasteiger partial charge in [0.15, 0.2) is 0 Å². The third-order valence-corrected chi connectivity index (χ3v) is 6.75. The molecule has 1 aliphatic rings. The van der Waals surface area contributed by atoms with Crippen LogP contribution < -0.4 is 19.9 Å². The molecule has 4 rings (SSSR count). The van der Waals surface area contributed by atoms with Gasteiger partial charge in [0.1, 0.15) is 28.9 Å². The van der Waals surface area contributed by atoms with Crippen molar-refractivity contribution in [3.05, 3.63) is 107 Å². The fourth-order valence-corrected chi connectivity index (χ4v) is 4.45. The first-order valence-corrected chi connectivity index (χ1v) is 13.5. The van der Waals surface area contributed by atoms with Crippen molar-refractivity contribution in [1.82, 2.24) is 0 Å². The zero-order valence-electron chi connectivity index (χ0n) is 23.7. The molecular formula is C34H36N2O4. The average molecular weight is 537 g/mol. The van der Waals surface area contributed by atoms with E-state index in [-0.39, 0.29) is 11.3 Å². The lowest BCUT2D eigenvalue weighted by atomic mass is 9.83. The molecule has 1 unspecified atom stereocenters. The van der Waals surface area contributed by atoms with Crippen molar-refractivity contribution in [2.24, 2.45) is 11.7 Å². The highest BCUT2D eigenvalue weighted by atomic mass is 16.5. The number of hydrogen-bond donors (Lipinski definition) is 1. The van der Waals surface area contributed by atoms with Crippen molar-refractivity contribution in [2.45, 2.75) is 52.4 Å². The van der Waals surface area contributed by atoms with Crippen LogP contribution in [-0.4, -0.2) is 12.6 Å². The molecular weight excluding hydrogens is 500 g/mol. The molecule has 0 saturated carbocycles. The van der Waals surface area contributed by atoms with Crippen molar-refractivity contribution >= 4 is 12.0 Å². The number of benzene rings is 3. The topological polar surface area (TPSA) is 94.6 Å². The highest BCUT2D eigenvalue weighted by Gasteiger charge is 2.31. The molecule has 0 saturated heterocycles. The predicted molar refractivity (Wildman–Crippen MR) is 157 cm³/mol. The second kappa shape index (κ2) is 12.1. The molecule has 0 aromatic heterocycles. The van der Waals surface area contributed by atoms with Gasteiger partial charge in [-0.25, -0.2) is 4.79 Å². The number of rotatable bonds is 8. The lowest BCUT2D eigenvalue weighted by molar-refractivity contribution is -0.128. The Bertz CT molecular complexity index is 1470. The zero-order valence-corrected chi connectivity index (χ0v) is 23.7. The Balaban J connectivity index is 1.52. The van der Waals surface area contributed by atoms with Crippen LogP contribution in [0.4, 0.5) is 0 Å². The summed E-state index contributed by atoms with van der Waals surface area (Å²) in [5.74, 6) is 1.08. The first-order valence-electron chi connectivity index (χ1n) is 13.5. The summed E-state index contributed by atoms with van der Waals surface area (Å²) in [7, 11) is 0. The van der Waals surface area contributed by atoms with Crippen LogP contribution in [-0.2, 0) is 10.2 Å². The largest absolute Gasteiger partial charge is 0.494 e. The van der Waals surface area contributed by atoms with E-state index in [4.69, 9.17) is 19.9 Å². The number of fused-ring (bicyclic) bond motifs is 1. The highest BCUT2D eigenvalue weighted by molar-refractivity contribution is 5.88. The number of esters is 1. The van der Waals surface area contributed by atoms with Gasteiger partial charge in [-0.3, -0.25) is 0 Å². The summed E-state index contributed by atoms with van der Waals surface area (Å²) < 4.78 is 17.3. The molecule has 6 nitrogen and oxygen atoms in total. The summed E-state index contributed by atoms with van der Waals surface area (Å²) in [6.07, 6.45) is 4.05. The predicted octanol–water partition coefficient (Wildman–Crippen LogP) is 7.25. The number of carbonyl (C=O) groups is 1. The Morgan fingerprint density at radius 3 is 2.50 bits per heavy atom. The van der Waals surface area contributed by atoms with E-state index in [0.717, 1.165) is 28.9 Å². The number of nitriles is 1. The second-order valence-corrected chi connectivity index (χ2v) is 11.4. The minimum atomic E-state index is -0.514. The van der Waals surface area contributed by atoms with E-state index in [1.54, 1.807) is 24.3 Å². The van der Waals surface area contributed by atoms with Gasteiger partial charge in [-0.15, -0.1) is 0 Å². The Morgan fingerprint density at radius 1 is 1.07 bits per heavy atom. The molecule has 3 aromatic carbocycles. The SMILES string of the molecule is CC(C)CCOc1cccc(C2C(C#N)=C(N)Oc3cc(OC(=O)/C=C/c4ccc(C(C)(C)C)cc4)ccc32)c1. The van der Waals surface area contributed by atoms with Gasteiger partial charge in [-0.2, -0.15) is 5.26 Å². The number of allylic oxidation sites excluding steroid dienone is 1. The Morgan fingerprint density at radius 2 is 1.82 bits per heavy atom. The molecule has 1 atom stereocenters. The van der Waals surface area contributed by atoms with E-state index in [0.29, 0.717) is 29.6 Å². The molecule has 206 valence electrons. The van der Waals surface area contributed by atoms with Crippen LogP contribution in [0.25, 0.3) is 6.08 Å². The van der Waals surface area contributed by atoms with Gasteiger partial charge in [-0.05, 0) is 58.7 Å². The number of carbonyl (C=O) groups excluding carboxylic acids is 1. The van der Waals surface area contributed by atoms with Gasteiger partial charge in [0.05, 0.1) is 12.5 Å². The maximum absolute atomic E-state index is 12.6. The molecule has 1 heterocycles. The summed E-state index contributed by atoms with van der Waals surface area (Å²) in [5, 5.41) is 9.90. The van der Waals surface area contributed by atoms with Gasteiger partial charge in [0, 0.05) is 17.7 Å². The van der Waals surface area contributed by atoms with E-state index in [9.17, 15) is 10.1 Å². The third-order valence-electron chi connectivity index (χ3n) is 6.75. The fraction of sp³-hybridized carbons (Fsp3) is 0.294. The Hall–Kier alpha value is -4.50. The lowest BCUT2D eigenvalue weighted by Crippen LogP contribution is -2.21. The summed E-state index contributed by atoms with van der Waals surface area (Å²) >= 11 is 0. The van der Waals surface area contributed by atoms with Crippen LogP contribution >= 0.6 is 0 Å². The molecule has 3 aromatic rings. The Kier molecular flexibility index (Phi) is 8.64. The molecule has 0 bridgehead atoms. The molecule has 0 spiro atoms. The third kappa shape index (κ3) is 6.92. The van der Waals surface area contributed by atoms with Crippen LogP contribution in [0, 0.1) is 17.2 Å². The van der Waals surface area contributed by atoms with E-state index in [2.05, 4.69) is 52.8 Å². The molecule has 40 heavy (non-hydrogen) atoms. The van der Waals surface area contributed by atoms with Gasteiger partial charge in [-0.1, -0.05) is 77.1 Å². The molecule has 0 amide bonds. The molecule has 6 heteroatoms. The summed E-state index contributed by atoms with van der Waals surface area (Å²) in [5.41, 5.74) is 10.3. The van der Waals surface area contributed by atoms with E-state index < -0.39 is 11.9 Å². The van der Waals surface area contributed by atoms with Crippen LogP contribution in [0.2, 0.25) is 0 Å². The van der Waals surface area contributed by atoms with Crippen LogP contribution in [0.5, 0.6) is 17.2 Å². The summed E-state index contributed by atoms with van der Waals surface area (Å²) in [4.78, 5) is 12.6. The van der Waals surface area contributed by atoms with Crippen molar-refractivity contribution in [2.75, 3.05) is 6.61 Å². The van der Waals surface area contributed by atoms with Gasteiger partial charge in [0.2, 0.25) is 5.88 Å². The minimum absolute atomic E-state index is 0.0215. The van der Waals surface area contributed by atoms with E-state index in [1.165, 1.54) is 11.6 Å². The van der Waals surface area contributed by atoms with E-state index >= 15 is 0 Å². The quantitative estimate of drug-likeness (QED) is 0.185. The maximum Gasteiger partial charge on any atom is 0.336 e. The van der Waals surface area contributed by atoms with Crippen molar-refractivity contribution < 1.29 is 19.0 Å². The van der Waals surface area contributed by atoms with Crippen LogP contribution in [0.1, 0.15) is 69.2 Å². The zero-order chi connectivity index (χ0) is 28.9. The van der Waals surface area contributed by atoms with Gasteiger partial charge in [0.25, 0.3) is 0 Å². The number of nitrogens with zero attached hydrogens (tertiary/aromatic N) is 1. The summed E-state index contributed by atoms with van der Waals surface area (Å²) in [6.45, 7) is 11.4. The van der Waals surface area contributed by atoms with Gasteiger partial charge >= 0.3 is 5.97 Å². The monoisotopic (exact) mass is 536 g/mol. The van der Waals surface area contributed by atoms with Crippen molar-refractivity contribution in [1.29, 1.82) is 5.26 Å². The van der Waals surface area contributed by atoms with Crippen molar-refractivity contribution in [3.63, 3.8) is 0 Å². The molecule has 0 fully saturated rings.